The van der Waals surface area contributed by atoms with Crippen LogP contribution in [0, 0.1) is 0 Å². The third-order valence-electron chi connectivity index (χ3n) is 4.18. The number of carbonyl (C=O) groups excluding carboxylic acids is 1. The molecule has 0 aliphatic heterocycles. The second kappa shape index (κ2) is 6.80. The predicted octanol–water partition coefficient (Wildman–Crippen LogP) is 4.69. The van der Waals surface area contributed by atoms with Crippen molar-refractivity contribution >= 4 is 22.6 Å². The fourth-order valence-corrected chi connectivity index (χ4v) is 2.87. The monoisotopic (exact) mass is 382 g/mol. The fraction of sp³-hybridized carbons (Fsp3) is 0.0500. The van der Waals surface area contributed by atoms with Gasteiger partial charge >= 0.3 is 6.18 Å². The highest BCUT2D eigenvalue weighted by Gasteiger charge is 2.34. The van der Waals surface area contributed by atoms with Gasteiger partial charge in [0, 0.05) is 0 Å². The van der Waals surface area contributed by atoms with Gasteiger partial charge in [0.2, 0.25) is 0 Å². The number of imidazole rings is 1. The predicted molar refractivity (Wildman–Crippen MR) is 98.3 cm³/mol. The number of benzene rings is 2. The lowest BCUT2D eigenvalue weighted by Crippen LogP contribution is -2.18. The number of halogens is 3. The Morgan fingerprint density at radius 1 is 0.929 bits per heavy atom. The van der Waals surface area contributed by atoms with Crippen LogP contribution < -0.4 is 5.32 Å². The lowest BCUT2D eigenvalue weighted by atomic mass is 10.1. The number of alkyl halides is 3. The molecule has 0 saturated heterocycles. The number of carbonyl (C=O) groups is 1. The van der Waals surface area contributed by atoms with Gasteiger partial charge in [-0.15, -0.1) is 0 Å². The van der Waals surface area contributed by atoms with E-state index in [9.17, 15) is 18.0 Å². The van der Waals surface area contributed by atoms with Gasteiger partial charge in [-0.2, -0.15) is 13.2 Å². The van der Waals surface area contributed by atoms with E-state index in [1.54, 1.807) is 23.0 Å². The van der Waals surface area contributed by atoms with Gasteiger partial charge < -0.3 is 5.32 Å². The molecule has 0 bridgehead atoms. The Labute approximate surface area is 157 Å². The summed E-state index contributed by atoms with van der Waals surface area (Å²) in [4.78, 5) is 20.9. The molecule has 0 spiro atoms. The normalized spacial score (nSPS) is 11.5. The molecule has 2 aromatic carbocycles. The van der Waals surface area contributed by atoms with Crippen LogP contribution in [0.15, 0.2) is 73.2 Å². The van der Waals surface area contributed by atoms with Gasteiger partial charge in [0.25, 0.3) is 5.91 Å². The van der Waals surface area contributed by atoms with E-state index in [4.69, 9.17) is 0 Å². The maximum Gasteiger partial charge on any atom is 0.417 e. The Kier molecular flexibility index (Phi) is 4.31. The molecule has 8 heteroatoms. The highest BCUT2D eigenvalue weighted by molar-refractivity contribution is 6.05. The summed E-state index contributed by atoms with van der Waals surface area (Å²) in [5.41, 5.74) is 0.535. The number of nitrogens with zero attached hydrogens (tertiary/aromatic N) is 3. The van der Waals surface area contributed by atoms with E-state index < -0.39 is 23.2 Å². The number of rotatable bonds is 3. The van der Waals surface area contributed by atoms with E-state index in [-0.39, 0.29) is 5.69 Å². The fourth-order valence-electron chi connectivity index (χ4n) is 2.87. The van der Waals surface area contributed by atoms with E-state index in [1.807, 2.05) is 24.3 Å². The number of amides is 1. The van der Waals surface area contributed by atoms with E-state index in [1.165, 1.54) is 18.3 Å². The molecule has 0 aliphatic rings. The van der Waals surface area contributed by atoms with Gasteiger partial charge in [0.05, 0.1) is 34.0 Å². The molecule has 1 N–H and O–H groups in total. The first-order chi connectivity index (χ1) is 13.4. The summed E-state index contributed by atoms with van der Waals surface area (Å²) >= 11 is 0. The standard InChI is InChI=1S/C20H13F3N4O/c21-20(22,23)15-6-2-1-5-14(15)19(28)26-13-9-10-18(24-11-13)27-12-25-16-7-3-4-8-17(16)27/h1-12H,(H,26,28). The Bertz CT molecular complexity index is 1150. The van der Waals surface area contributed by atoms with Crippen molar-refractivity contribution in [3.05, 3.63) is 84.3 Å². The number of para-hydroxylation sites is 2. The van der Waals surface area contributed by atoms with Crippen molar-refractivity contribution in [2.24, 2.45) is 0 Å². The first kappa shape index (κ1) is 17.7. The van der Waals surface area contributed by atoms with Gasteiger partial charge in [0.1, 0.15) is 12.1 Å². The molecule has 4 rings (SSSR count). The van der Waals surface area contributed by atoms with Crippen LogP contribution in [0.2, 0.25) is 0 Å². The van der Waals surface area contributed by atoms with Gasteiger partial charge in [-0.3, -0.25) is 9.36 Å². The van der Waals surface area contributed by atoms with Crippen LogP contribution in [0.25, 0.3) is 16.9 Å². The first-order valence-corrected chi connectivity index (χ1v) is 8.29. The molecule has 2 heterocycles. The molecule has 0 saturated carbocycles. The van der Waals surface area contributed by atoms with Crippen LogP contribution in [0.4, 0.5) is 18.9 Å². The largest absolute Gasteiger partial charge is 0.417 e. The second-order valence-corrected chi connectivity index (χ2v) is 6.01. The summed E-state index contributed by atoms with van der Waals surface area (Å²) in [7, 11) is 0. The van der Waals surface area contributed by atoms with Crippen molar-refractivity contribution in [1.82, 2.24) is 14.5 Å². The van der Waals surface area contributed by atoms with E-state index in [0.717, 1.165) is 23.2 Å². The van der Waals surface area contributed by atoms with Crippen molar-refractivity contribution in [2.75, 3.05) is 5.32 Å². The third-order valence-corrected chi connectivity index (χ3v) is 4.18. The highest BCUT2D eigenvalue weighted by atomic mass is 19.4. The summed E-state index contributed by atoms with van der Waals surface area (Å²) < 4.78 is 41.0. The first-order valence-electron chi connectivity index (χ1n) is 8.29. The Morgan fingerprint density at radius 3 is 2.43 bits per heavy atom. The minimum atomic E-state index is -4.61. The molecule has 140 valence electrons. The summed E-state index contributed by atoms with van der Waals surface area (Å²) in [6, 6.07) is 15.4. The number of aromatic nitrogens is 3. The summed E-state index contributed by atoms with van der Waals surface area (Å²) in [6.07, 6.45) is -1.60. The molecule has 0 radical (unpaired) electrons. The third kappa shape index (κ3) is 3.32. The van der Waals surface area contributed by atoms with Crippen LogP contribution in [0.1, 0.15) is 15.9 Å². The van der Waals surface area contributed by atoms with Crippen molar-refractivity contribution in [2.45, 2.75) is 6.18 Å². The number of fused-ring (bicyclic) bond motifs is 1. The number of hydrogen-bond acceptors (Lipinski definition) is 3. The number of hydrogen-bond donors (Lipinski definition) is 1. The van der Waals surface area contributed by atoms with Gasteiger partial charge in [-0.05, 0) is 36.4 Å². The van der Waals surface area contributed by atoms with Gasteiger partial charge in [-0.25, -0.2) is 9.97 Å². The minimum Gasteiger partial charge on any atom is -0.321 e. The number of pyridine rings is 1. The van der Waals surface area contributed by atoms with Crippen molar-refractivity contribution in [3.8, 4) is 5.82 Å². The van der Waals surface area contributed by atoms with Gasteiger partial charge in [-0.1, -0.05) is 24.3 Å². The summed E-state index contributed by atoms with van der Waals surface area (Å²) in [6.45, 7) is 0. The number of nitrogens with one attached hydrogen (secondary N) is 1. The Morgan fingerprint density at radius 2 is 1.68 bits per heavy atom. The molecule has 0 fully saturated rings. The zero-order valence-electron chi connectivity index (χ0n) is 14.3. The van der Waals surface area contributed by atoms with Crippen LogP contribution in [-0.4, -0.2) is 20.4 Å². The average Bonchev–Trinajstić information content (AvgIpc) is 3.12. The average molecular weight is 382 g/mol. The van der Waals surface area contributed by atoms with E-state index in [2.05, 4.69) is 15.3 Å². The quantitative estimate of drug-likeness (QED) is 0.559. The Hall–Kier alpha value is -3.68. The Balaban J connectivity index is 1.58. The zero-order chi connectivity index (χ0) is 19.7. The van der Waals surface area contributed by atoms with E-state index >= 15 is 0 Å². The lowest BCUT2D eigenvalue weighted by molar-refractivity contribution is -0.137. The molecule has 2 aromatic heterocycles. The van der Waals surface area contributed by atoms with E-state index in [0.29, 0.717) is 5.82 Å². The zero-order valence-corrected chi connectivity index (χ0v) is 14.3. The molecule has 4 aromatic rings. The minimum absolute atomic E-state index is 0.287. The molecule has 0 aliphatic carbocycles. The SMILES string of the molecule is O=C(Nc1ccc(-n2cnc3ccccc32)nc1)c1ccccc1C(F)(F)F. The number of anilines is 1. The molecule has 0 atom stereocenters. The van der Waals surface area contributed by atoms with Crippen LogP contribution in [0.5, 0.6) is 0 Å². The molecule has 1 amide bonds. The molecule has 5 nitrogen and oxygen atoms in total. The lowest BCUT2D eigenvalue weighted by Gasteiger charge is -2.12. The summed E-state index contributed by atoms with van der Waals surface area (Å²) in [5, 5.41) is 2.45. The maximum absolute atomic E-state index is 13.1. The highest BCUT2D eigenvalue weighted by Crippen LogP contribution is 2.32. The second-order valence-electron chi connectivity index (χ2n) is 6.01. The molecule has 28 heavy (non-hydrogen) atoms. The van der Waals surface area contributed by atoms with Crippen molar-refractivity contribution in [1.29, 1.82) is 0 Å². The van der Waals surface area contributed by atoms with Crippen molar-refractivity contribution < 1.29 is 18.0 Å². The van der Waals surface area contributed by atoms with Crippen LogP contribution in [0.3, 0.4) is 0 Å². The summed E-state index contributed by atoms with van der Waals surface area (Å²) in [5.74, 6) is -0.280. The molecule has 0 unspecified atom stereocenters. The maximum atomic E-state index is 13.1. The van der Waals surface area contributed by atoms with Crippen LogP contribution in [-0.2, 0) is 6.18 Å². The molecular weight excluding hydrogens is 369 g/mol. The van der Waals surface area contributed by atoms with Gasteiger partial charge in [0.15, 0.2) is 0 Å². The van der Waals surface area contributed by atoms with Crippen LogP contribution >= 0.6 is 0 Å². The smallest absolute Gasteiger partial charge is 0.321 e. The van der Waals surface area contributed by atoms with Crippen molar-refractivity contribution in [3.63, 3.8) is 0 Å². The topological polar surface area (TPSA) is 59.8 Å². The molecular formula is C20H13F3N4O.